The number of imidazole rings is 1. The molecule has 0 saturated carbocycles. The number of aromatic nitrogens is 2. The summed E-state index contributed by atoms with van der Waals surface area (Å²) < 4.78 is 52.3. The third-order valence-corrected chi connectivity index (χ3v) is 4.93. The molecular formula is C16H20BF3N2O2. The van der Waals surface area contributed by atoms with Crippen molar-refractivity contribution in [2.75, 3.05) is 0 Å². The summed E-state index contributed by atoms with van der Waals surface area (Å²) in [5, 5.41) is 0. The Morgan fingerprint density at radius 2 is 1.67 bits per heavy atom. The van der Waals surface area contributed by atoms with Crippen LogP contribution in [0.4, 0.5) is 13.2 Å². The molecule has 0 aliphatic carbocycles. The van der Waals surface area contributed by atoms with Crippen molar-refractivity contribution in [2.24, 2.45) is 7.05 Å². The Kier molecular flexibility index (Phi) is 3.96. The molecular weight excluding hydrogens is 320 g/mol. The fourth-order valence-corrected chi connectivity index (χ4v) is 2.71. The fraction of sp³-hybridized carbons (Fsp3) is 0.562. The van der Waals surface area contributed by atoms with E-state index >= 15 is 0 Å². The van der Waals surface area contributed by atoms with Crippen molar-refractivity contribution in [1.82, 2.24) is 9.55 Å². The summed E-state index contributed by atoms with van der Waals surface area (Å²) >= 11 is 0. The van der Waals surface area contributed by atoms with Crippen LogP contribution in [0.5, 0.6) is 0 Å². The van der Waals surface area contributed by atoms with Crippen molar-refractivity contribution >= 4 is 23.6 Å². The predicted molar refractivity (Wildman–Crippen MR) is 86.3 cm³/mol. The van der Waals surface area contributed by atoms with E-state index in [9.17, 15) is 13.2 Å². The van der Waals surface area contributed by atoms with Crippen molar-refractivity contribution in [3.63, 3.8) is 0 Å². The summed E-state index contributed by atoms with van der Waals surface area (Å²) in [5.74, 6) is -0.286. The molecule has 0 N–H and O–H groups in total. The lowest BCUT2D eigenvalue weighted by Gasteiger charge is -2.32. The molecule has 1 aliphatic heterocycles. The van der Waals surface area contributed by atoms with Gasteiger partial charge in [0.15, 0.2) is 0 Å². The largest absolute Gasteiger partial charge is 0.494 e. The van der Waals surface area contributed by atoms with E-state index in [1.165, 1.54) is 11.6 Å². The molecule has 1 aromatic heterocycles. The Bertz CT molecular complexity index is 760. The number of rotatable bonds is 3. The van der Waals surface area contributed by atoms with Crippen molar-refractivity contribution in [3.05, 3.63) is 24.0 Å². The second-order valence-electron chi connectivity index (χ2n) is 7.10. The SMILES string of the molecule is Cn1c(C(F)C(F)F)nc2ccc(B3OC(C)(C)C(C)(C)O3)cc21. The maximum absolute atomic E-state index is 13.7. The van der Waals surface area contributed by atoms with E-state index in [0.29, 0.717) is 11.0 Å². The van der Waals surface area contributed by atoms with Gasteiger partial charge in [-0.3, -0.25) is 0 Å². The summed E-state index contributed by atoms with van der Waals surface area (Å²) in [4.78, 5) is 3.98. The lowest BCUT2D eigenvalue weighted by atomic mass is 9.79. The fourth-order valence-electron chi connectivity index (χ4n) is 2.71. The van der Waals surface area contributed by atoms with Crippen LogP contribution in [-0.2, 0) is 16.4 Å². The van der Waals surface area contributed by atoms with Crippen LogP contribution < -0.4 is 5.46 Å². The van der Waals surface area contributed by atoms with Gasteiger partial charge in [-0.2, -0.15) is 0 Å². The zero-order valence-corrected chi connectivity index (χ0v) is 14.3. The van der Waals surface area contributed by atoms with E-state index in [0.717, 1.165) is 5.46 Å². The molecule has 2 heterocycles. The van der Waals surface area contributed by atoms with Crippen LogP contribution in [0.2, 0.25) is 0 Å². The summed E-state index contributed by atoms with van der Waals surface area (Å²) in [6.07, 6.45) is -5.52. The van der Waals surface area contributed by atoms with Gasteiger partial charge in [0.2, 0.25) is 6.17 Å². The van der Waals surface area contributed by atoms with Gasteiger partial charge in [-0.1, -0.05) is 6.07 Å². The Hall–Kier alpha value is -1.54. The molecule has 24 heavy (non-hydrogen) atoms. The molecule has 3 rings (SSSR count). The quantitative estimate of drug-likeness (QED) is 0.806. The van der Waals surface area contributed by atoms with Crippen LogP contribution in [0.1, 0.15) is 39.7 Å². The van der Waals surface area contributed by atoms with Gasteiger partial charge >= 0.3 is 7.12 Å². The zero-order chi connectivity index (χ0) is 17.9. The number of benzene rings is 1. The van der Waals surface area contributed by atoms with Gasteiger partial charge in [-0.05, 0) is 45.3 Å². The molecule has 0 spiro atoms. The Morgan fingerprint density at radius 1 is 1.08 bits per heavy atom. The molecule has 2 aromatic rings. The molecule has 1 aromatic carbocycles. The standard InChI is InChI=1S/C16H20BF3N2O2/c1-15(2)16(3,4)24-17(23-15)9-6-7-10-11(8-9)22(5)14(21-10)12(18)13(19)20/h6-8,12-13H,1-5H3. The van der Waals surface area contributed by atoms with Crippen molar-refractivity contribution < 1.29 is 22.5 Å². The van der Waals surface area contributed by atoms with Crippen LogP contribution in [0, 0.1) is 0 Å². The van der Waals surface area contributed by atoms with E-state index in [2.05, 4.69) is 4.98 Å². The first kappa shape index (κ1) is 17.3. The van der Waals surface area contributed by atoms with Gasteiger partial charge in [0.25, 0.3) is 6.43 Å². The van der Waals surface area contributed by atoms with Crippen LogP contribution in [-0.4, -0.2) is 34.3 Å². The van der Waals surface area contributed by atoms with Crippen LogP contribution in [0.3, 0.4) is 0 Å². The van der Waals surface area contributed by atoms with E-state index in [1.54, 1.807) is 18.2 Å². The van der Waals surface area contributed by atoms with Gasteiger partial charge < -0.3 is 13.9 Å². The number of aryl methyl sites for hydroxylation is 1. The van der Waals surface area contributed by atoms with E-state index in [-0.39, 0.29) is 5.82 Å². The van der Waals surface area contributed by atoms with Gasteiger partial charge in [-0.15, -0.1) is 0 Å². The summed E-state index contributed by atoms with van der Waals surface area (Å²) in [6, 6.07) is 5.17. The summed E-state index contributed by atoms with van der Waals surface area (Å²) in [6.45, 7) is 7.79. The Labute approximate surface area is 139 Å². The number of halogens is 3. The Balaban J connectivity index is 2.00. The van der Waals surface area contributed by atoms with E-state index < -0.39 is 30.9 Å². The highest BCUT2D eigenvalue weighted by Gasteiger charge is 2.51. The maximum atomic E-state index is 13.7. The lowest BCUT2D eigenvalue weighted by Crippen LogP contribution is -2.41. The number of hydrogen-bond donors (Lipinski definition) is 0. The highest BCUT2D eigenvalue weighted by Crippen LogP contribution is 2.36. The number of alkyl halides is 3. The topological polar surface area (TPSA) is 36.3 Å². The molecule has 1 fully saturated rings. The normalized spacial score (nSPS) is 21.0. The minimum absolute atomic E-state index is 0.286. The zero-order valence-electron chi connectivity index (χ0n) is 14.3. The van der Waals surface area contributed by atoms with E-state index in [4.69, 9.17) is 9.31 Å². The van der Waals surface area contributed by atoms with Crippen molar-refractivity contribution in [2.45, 2.75) is 51.5 Å². The summed E-state index contributed by atoms with van der Waals surface area (Å²) in [5.41, 5.74) is 0.785. The number of hydrogen-bond acceptors (Lipinski definition) is 3. The average molecular weight is 340 g/mol. The maximum Gasteiger partial charge on any atom is 0.494 e. The molecule has 1 saturated heterocycles. The van der Waals surface area contributed by atoms with Gasteiger partial charge in [0.1, 0.15) is 5.82 Å². The first-order valence-electron chi connectivity index (χ1n) is 7.77. The van der Waals surface area contributed by atoms with Crippen LogP contribution in [0.15, 0.2) is 18.2 Å². The molecule has 0 bridgehead atoms. The van der Waals surface area contributed by atoms with Crippen LogP contribution in [0.25, 0.3) is 11.0 Å². The smallest absolute Gasteiger partial charge is 0.399 e. The average Bonchev–Trinajstić information content (AvgIpc) is 2.92. The molecule has 1 unspecified atom stereocenters. The highest BCUT2D eigenvalue weighted by atomic mass is 19.3. The third-order valence-electron chi connectivity index (χ3n) is 4.93. The first-order chi connectivity index (χ1) is 11.0. The molecule has 1 atom stereocenters. The Morgan fingerprint density at radius 3 is 2.21 bits per heavy atom. The number of nitrogens with zero attached hydrogens (tertiary/aromatic N) is 2. The predicted octanol–water partition coefficient (Wildman–Crippen LogP) is 3.15. The molecule has 4 nitrogen and oxygen atoms in total. The lowest BCUT2D eigenvalue weighted by molar-refractivity contribution is 0.00578. The van der Waals surface area contributed by atoms with Gasteiger partial charge in [0.05, 0.1) is 22.2 Å². The van der Waals surface area contributed by atoms with E-state index in [1.807, 2.05) is 27.7 Å². The van der Waals surface area contributed by atoms with Crippen molar-refractivity contribution in [3.8, 4) is 0 Å². The second-order valence-corrected chi connectivity index (χ2v) is 7.10. The van der Waals surface area contributed by atoms with Gasteiger partial charge in [-0.25, -0.2) is 18.2 Å². The minimum Gasteiger partial charge on any atom is -0.399 e. The molecule has 130 valence electrons. The van der Waals surface area contributed by atoms with Crippen molar-refractivity contribution in [1.29, 1.82) is 0 Å². The molecule has 1 aliphatic rings. The molecule has 8 heteroatoms. The third kappa shape index (κ3) is 2.61. The summed E-state index contributed by atoms with van der Waals surface area (Å²) in [7, 11) is 0.946. The van der Waals surface area contributed by atoms with Crippen LogP contribution >= 0.6 is 0 Å². The molecule has 0 amide bonds. The van der Waals surface area contributed by atoms with Gasteiger partial charge in [0, 0.05) is 7.05 Å². The highest BCUT2D eigenvalue weighted by molar-refractivity contribution is 6.62. The monoisotopic (exact) mass is 340 g/mol. The number of fused-ring (bicyclic) bond motifs is 1. The molecule has 0 radical (unpaired) electrons. The second kappa shape index (κ2) is 5.49. The minimum atomic E-state index is -3.11. The first-order valence-corrected chi connectivity index (χ1v) is 7.77.